The lowest BCUT2D eigenvalue weighted by Crippen LogP contribution is -2.55. The van der Waals surface area contributed by atoms with Gasteiger partial charge in [0.15, 0.2) is 0 Å². The zero-order chi connectivity index (χ0) is 34.8. The molecule has 5 rings (SSSR count). The van der Waals surface area contributed by atoms with Gasteiger partial charge in [-0.1, -0.05) is 86.0 Å². The zero-order valence-corrected chi connectivity index (χ0v) is 29.2. The summed E-state index contributed by atoms with van der Waals surface area (Å²) in [4.78, 5) is 30.7. The molecule has 4 aromatic rings. The van der Waals surface area contributed by atoms with Crippen LogP contribution in [0.1, 0.15) is 48.8 Å². The summed E-state index contributed by atoms with van der Waals surface area (Å²) in [6.45, 7) is 1.51. The molecule has 0 spiro atoms. The molecule has 258 valence electrons. The average molecular weight is 684 g/mol. The summed E-state index contributed by atoms with van der Waals surface area (Å²) in [5, 5.41) is 3.25. The average Bonchev–Trinajstić information content (AvgIpc) is 3.13. The Hall–Kier alpha value is -4.83. The summed E-state index contributed by atoms with van der Waals surface area (Å²) < 4.78 is 40.7. The van der Waals surface area contributed by atoms with Crippen LogP contribution >= 0.6 is 0 Å². The second-order valence-corrected chi connectivity index (χ2v) is 14.2. The SMILES string of the molecule is COc1ccc(S(=O)(=O)N(CC(=O)N(Cc2ccccc2C)[C@H](Cc2ccccc2)C(=O)NC2CCCCC2)c2ccccc2OC)cc1. The molecule has 1 fully saturated rings. The third kappa shape index (κ3) is 8.80. The molecule has 1 N–H and O–H groups in total. The van der Waals surface area contributed by atoms with Crippen LogP contribution in [-0.2, 0) is 32.6 Å². The maximum absolute atomic E-state index is 14.8. The third-order valence-corrected chi connectivity index (χ3v) is 10.9. The van der Waals surface area contributed by atoms with Crippen LogP contribution in [0.3, 0.4) is 0 Å². The molecular weight excluding hydrogens is 639 g/mol. The highest BCUT2D eigenvalue weighted by Crippen LogP contribution is 2.33. The largest absolute Gasteiger partial charge is 0.497 e. The standard InChI is InChI=1S/C39H45N3O6S/c1-29-14-10-11-17-31(29)27-41(36(26-30-15-6-4-7-16-30)39(44)40-32-18-8-5-9-19-32)38(43)28-42(35-20-12-13-21-37(35)48-3)49(45,46)34-24-22-33(47-2)23-25-34/h4,6-7,10-17,20-25,32,36H,5,8-9,18-19,26-28H2,1-3H3,(H,40,44)/t36-/m1/s1. The number of nitrogens with one attached hydrogen (secondary N) is 1. The van der Waals surface area contributed by atoms with Crippen molar-refractivity contribution in [2.75, 3.05) is 25.1 Å². The fourth-order valence-electron chi connectivity index (χ4n) is 6.29. The van der Waals surface area contributed by atoms with E-state index in [1.807, 2.05) is 61.5 Å². The van der Waals surface area contributed by atoms with Crippen molar-refractivity contribution in [3.63, 3.8) is 0 Å². The molecule has 1 atom stereocenters. The lowest BCUT2D eigenvalue weighted by atomic mass is 9.94. The first-order valence-corrected chi connectivity index (χ1v) is 18.1. The minimum absolute atomic E-state index is 0.0201. The summed E-state index contributed by atoms with van der Waals surface area (Å²) in [6, 6.07) is 29.1. The van der Waals surface area contributed by atoms with Gasteiger partial charge in [0, 0.05) is 19.0 Å². The predicted octanol–water partition coefficient (Wildman–Crippen LogP) is 6.30. The van der Waals surface area contributed by atoms with E-state index >= 15 is 0 Å². The number of benzene rings is 4. The Balaban J connectivity index is 1.59. The topological polar surface area (TPSA) is 105 Å². The number of sulfonamides is 1. The number of amides is 2. The lowest BCUT2D eigenvalue weighted by molar-refractivity contribution is -0.140. The van der Waals surface area contributed by atoms with Crippen LogP contribution in [0.5, 0.6) is 11.5 Å². The van der Waals surface area contributed by atoms with Crippen molar-refractivity contribution in [1.82, 2.24) is 10.2 Å². The van der Waals surface area contributed by atoms with Crippen LogP contribution < -0.4 is 19.1 Å². The van der Waals surface area contributed by atoms with E-state index in [9.17, 15) is 18.0 Å². The van der Waals surface area contributed by atoms with Gasteiger partial charge in [0.25, 0.3) is 10.0 Å². The van der Waals surface area contributed by atoms with Gasteiger partial charge < -0.3 is 19.7 Å². The van der Waals surface area contributed by atoms with Gasteiger partial charge in [0.1, 0.15) is 24.1 Å². The highest BCUT2D eigenvalue weighted by Gasteiger charge is 2.36. The summed E-state index contributed by atoms with van der Waals surface area (Å²) in [5.74, 6) is 0.00948. The molecule has 0 aliphatic heterocycles. The van der Waals surface area contributed by atoms with Gasteiger partial charge >= 0.3 is 0 Å². The molecule has 0 unspecified atom stereocenters. The predicted molar refractivity (Wildman–Crippen MR) is 191 cm³/mol. The lowest BCUT2D eigenvalue weighted by Gasteiger charge is -2.35. The Morgan fingerprint density at radius 2 is 1.47 bits per heavy atom. The quantitative estimate of drug-likeness (QED) is 0.167. The molecule has 1 aliphatic carbocycles. The van der Waals surface area contributed by atoms with Crippen LogP contribution in [-0.4, -0.2) is 58.0 Å². The molecule has 0 heterocycles. The van der Waals surface area contributed by atoms with Crippen LogP contribution in [0.2, 0.25) is 0 Å². The van der Waals surface area contributed by atoms with Gasteiger partial charge in [-0.05, 0) is 72.9 Å². The number of carbonyl (C=O) groups is 2. The summed E-state index contributed by atoms with van der Waals surface area (Å²) in [6.07, 6.45) is 5.25. The molecule has 9 nitrogen and oxygen atoms in total. The van der Waals surface area contributed by atoms with E-state index in [-0.39, 0.29) is 41.2 Å². The maximum atomic E-state index is 14.8. The number of carbonyl (C=O) groups excluding carboxylic acids is 2. The van der Waals surface area contributed by atoms with Crippen molar-refractivity contribution >= 4 is 27.5 Å². The molecule has 10 heteroatoms. The number of nitrogens with zero attached hydrogens (tertiary/aromatic N) is 2. The molecular formula is C39H45N3O6S. The first-order chi connectivity index (χ1) is 23.7. The summed E-state index contributed by atoms with van der Waals surface area (Å²) >= 11 is 0. The molecule has 0 aromatic heterocycles. The smallest absolute Gasteiger partial charge is 0.264 e. The van der Waals surface area contributed by atoms with Crippen molar-refractivity contribution in [2.45, 2.75) is 69.0 Å². The number of para-hydroxylation sites is 2. The Morgan fingerprint density at radius 1 is 0.816 bits per heavy atom. The normalized spacial score (nSPS) is 14.0. The Morgan fingerprint density at radius 3 is 2.14 bits per heavy atom. The van der Waals surface area contributed by atoms with E-state index in [4.69, 9.17) is 9.47 Å². The van der Waals surface area contributed by atoms with Crippen LogP contribution in [0, 0.1) is 6.92 Å². The number of anilines is 1. The highest BCUT2D eigenvalue weighted by molar-refractivity contribution is 7.92. The number of hydrogen-bond acceptors (Lipinski definition) is 6. The van der Waals surface area contributed by atoms with E-state index in [0.29, 0.717) is 5.75 Å². The molecule has 0 bridgehead atoms. The second-order valence-electron chi connectivity index (χ2n) is 12.4. The van der Waals surface area contributed by atoms with Gasteiger partial charge in [0.05, 0.1) is 24.8 Å². The second kappa shape index (κ2) is 16.5. The van der Waals surface area contributed by atoms with Gasteiger partial charge in [-0.3, -0.25) is 13.9 Å². The van der Waals surface area contributed by atoms with E-state index < -0.39 is 28.5 Å². The van der Waals surface area contributed by atoms with Crippen molar-refractivity contribution in [2.24, 2.45) is 0 Å². The Labute approximate surface area is 289 Å². The fraction of sp³-hybridized carbons (Fsp3) is 0.333. The molecule has 1 aliphatic rings. The Kier molecular flexibility index (Phi) is 12.0. The molecule has 0 radical (unpaired) electrons. The van der Waals surface area contributed by atoms with Crippen molar-refractivity contribution < 1.29 is 27.5 Å². The first kappa shape index (κ1) is 35.5. The summed E-state index contributed by atoms with van der Waals surface area (Å²) in [7, 11) is -1.34. The number of hydrogen-bond donors (Lipinski definition) is 1. The van der Waals surface area contributed by atoms with E-state index in [2.05, 4.69) is 5.32 Å². The molecule has 1 saturated carbocycles. The third-order valence-electron chi connectivity index (χ3n) is 9.10. The van der Waals surface area contributed by atoms with Crippen LogP contribution in [0.15, 0.2) is 108 Å². The monoisotopic (exact) mass is 683 g/mol. The van der Waals surface area contributed by atoms with E-state index in [0.717, 1.165) is 53.1 Å². The van der Waals surface area contributed by atoms with Gasteiger partial charge in [-0.15, -0.1) is 0 Å². The number of aryl methyl sites for hydroxylation is 1. The number of rotatable bonds is 14. The van der Waals surface area contributed by atoms with E-state index in [1.54, 1.807) is 41.3 Å². The van der Waals surface area contributed by atoms with Crippen LogP contribution in [0.25, 0.3) is 0 Å². The highest BCUT2D eigenvalue weighted by atomic mass is 32.2. The van der Waals surface area contributed by atoms with Gasteiger partial charge in [-0.2, -0.15) is 0 Å². The molecule has 4 aromatic carbocycles. The molecule has 0 saturated heterocycles. The molecule has 49 heavy (non-hydrogen) atoms. The maximum Gasteiger partial charge on any atom is 0.264 e. The number of ether oxygens (including phenoxy) is 2. The van der Waals surface area contributed by atoms with Crippen LogP contribution in [0.4, 0.5) is 5.69 Å². The van der Waals surface area contributed by atoms with Crippen molar-refractivity contribution in [3.8, 4) is 11.5 Å². The Bertz CT molecular complexity index is 1810. The van der Waals surface area contributed by atoms with Gasteiger partial charge in [-0.25, -0.2) is 8.42 Å². The number of methoxy groups -OCH3 is 2. The minimum Gasteiger partial charge on any atom is -0.497 e. The van der Waals surface area contributed by atoms with Crippen molar-refractivity contribution in [3.05, 3.63) is 120 Å². The van der Waals surface area contributed by atoms with E-state index in [1.165, 1.54) is 26.4 Å². The summed E-state index contributed by atoms with van der Waals surface area (Å²) in [5.41, 5.74) is 2.91. The van der Waals surface area contributed by atoms with Crippen molar-refractivity contribution in [1.29, 1.82) is 0 Å². The fourth-order valence-corrected chi connectivity index (χ4v) is 7.72. The molecule has 2 amide bonds. The minimum atomic E-state index is -4.30. The zero-order valence-electron chi connectivity index (χ0n) is 28.4. The first-order valence-electron chi connectivity index (χ1n) is 16.7. The van der Waals surface area contributed by atoms with Gasteiger partial charge in [0.2, 0.25) is 11.8 Å².